The van der Waals surface area contributed by atoms with E-state index >= 15 is 0 Å². The minimum absolute atomic E-state index is 0.0968. The van der Waals surface area contributed by atoms with E-state index in [2.05, 4.69) is 0 Å². The van der Waals surface area contributed by atoms with Crippen LogP contribution in [0.1, 0.15) is 28.2 Å². The van der Waals surface area contributed by atoms with Crippen molar-refractivity contribution in [3.05, 3.63) is 81.6 Å². The summed E-state index contributed by atoms with van der Waals surface area (Å²) in [6.07, 6.45) is -6.53. The first-order valence-corrected chi connectivity index (χ1v) is 12.8. The van der Waals surface area contributed by atoms with E-state index in [1.54, 1.807) is 0 Å². The minimum atomic E-state index is -4.59. The Morgan fingerprint density at radius 1 is 1.05 bits per heavy atom. The SMILES string of the molecule is CN(C)[C@@H]1C(=O)C(C(N)=O)=C(O)[C@@]2(O)C(=O)C3=C(O)c4c(O)cccc4C(Cc4ccc(C(F)(F)F)cc4)[C@H]3[C@H](O)[C@@H]12. The molecule has 0 saturated heterocycles. The second kappa shape index (κ2) is 9.68. The van der Waals surface area contributed by atoms with Crippen LogP contribution >= 0.6 is 0 Å². The summed E-state index contributed by atoms with van der Waals surface area (Å²) in [6, 6.07) is 6.81. The van der Waals surface area contributed by atoms with Gasteiger partial charge in [-0.1, -0.05) is 24.3 Å². The fraction of sp³-hybridized carbons (Fsp3) is 0.345. The summed E-state index contributed by atoms with van der Waals surface area (Å²) in [7, 11) is 2.77. The minimum Gasteiger partial charge on any atom is -0.508 e. The van der Waals surface area contributed by atoms with Gasteiger partial charge in [-0.05, 0) is 55.8 Å². The summed E-state index contributed by atoms with van der Waals surface area (Å²) in [5, 5.41) is 56.6. The van der Waals surface area contributed by atoms with Crippen molar-refractivity contribution in [2.75, 3.05) is 14.1 Å². The topological polar surface area (TPSA) is 182 Å². The maximum atomic E-state index is 14.1. The smallest absolute Gasteiger partial charge is 0.416 e. The third-order valence-corrected chi connectivity index (χ3v) is 8.53. The molecule has 3 aliphatic rings. The van der Waals surface area contributed by atoms with Crippen LogP contribution in [0.4, 0.5) is 13.2 Å². The summed E-state index contributed by atoms with van der Waals surface area (Å²) in [5.74, 6) is -10.5. The van der Waals surface area contributed by atoms with E-state index in [0.29, 0.717) is 5.56 Å². The first-order chi connectivity index (χ1) is 19.5. The number of rotatable bonds is 4. The normalized spacial score (nSPS) is 29.4. The van der Waals surface area contributed by atoms with Gasteiger partial charge in [0.2, 0.25) is 5.78 Å². The standard InChI is InChI=1S/C29H27F3N2O8/c1-34(2)21-20-23(37)17-14(10-11-6-8-12(9-7-11)29(30,31)32)13-4-3-5-15(35)16(13)22(36)18(17)25(39)28(20,42)26(40)19(24(21)38)27(33)41/h3-9,14,17,20-21,23,35-37,40,42H,10H2,1-2H3,(H2,33,41)/t14?,17-,20-,21+,23+,28+/m1/s1. The molecule has 0 aliphatic heterocycles. The van der Waals surface area contributed by atoms with Gasteiger partial charge < -0.3 is 31.3 Å². The maximum Gasteiger partial charge on any atom is 0.416 e. The van der Waals surface area contributed by atoms with Crippen molar-refractivity contribution in [1.82, 2.24) is 4.90 Å². The Bertz CT molecular complexity index is 1580. The number of ketones is 2. The number of nitrogens with two attached hydrogens (primary N) is 1. The number of phenolic OH excluding ortho intramolecular Hbond substituents is 1. The molecule has 6 atom stereocenters. The Hall–Kier alpha value is -4.20. The molecule has 10 nitrogen and oxygen atoms in total. The van der Waals surface area contributed by atoms with E-state index in [-0.39, 0.29) is 17.5 Å². The number of aromatic hydroxyl groups is 1. The van der Waals surface area contributed by atoms with Gasteiger partial charge in [0.1, 0.15) is 22.8 Å². The highest BCUT2D eigenvalue weighted by molar-refractivity contribution is 6.24. The second-order valence-corrected chi connectivity index (χ2v) is 11.0. The molecule has 13 heteroatoms. The number of Topliss-reactive ketones (excluding diaryl/α,β-unsaturated/α-hetero) is 2. The number of halogens is 3. The summed E-state index contributed by atoms with van der Waals surface area (Å²) < 4.78 is 39.5. The second-order valence-electron chi connectivity index (χ2n) is 11.0. The number of fused-ring (bicyclic) bond motifs is 3. The van der Waals surface area contributed by atoms with Crippen molar-refractivity contribution >= 4 is 23.2 Å². The van der Waals surface area contributed by atoms with E-state index in [0.717, 1.165) is 12.1 Å². The van der Waals surface area contributed by atoms with Gasteiger partial charge in [0, 0.05) is 11.5 Å². The molecule has 0 spiro atoms. The first kappa shape index (κ1) is 29.3. The molecule has 42 heavy (non-hydrogen) atoms. The third kappa shape index (κ3) is 4.02. The van der Waals surface area contributed by atoms with Crippen molar-refractivity contribution in [3.63, 3.8) is 0 Å². The zero-order chi connectivity index (χ0) is 31.0. The highest BCUT2D eigenvalue weighted by Crippen LogP contribution is 2.56. The van der Waals surface area contributed by atoms with Gasteiger partial charge in [-0.15, -0.1) is 0 Å². The average Bonchev–Trinajstić information content (AvgIpc) is 2.89. The number of alkyl halides is 3. The fourth-order valence-corrected chi connectivity index (χ4v) is 6.72. The summed E-state index contributed by atoms with van der Waals surface area (Å²) in [5.41, 5.74) is 0.108. The molecule has 2 aromatic rings. The Balaban J connectivity index is 1.75. The predicted octanol–water partition coefficient (Wildman–Crippen LogP) is 1.74. The van der Waals surface area contributed by atoms with Crippen LogP contribution in [-0.4, -0.2) is 79.7 Å². The van der Waals surface area contributed by atoms with Gasteiger partial charge >= 0.3 is 6.18 Å². The number of likely N-dealkylation sites (N-methyl/N-ethyl adjacent to an activating group) is 1. The van der Waals surface area contributed by atoms with Crippen molar-refractivity contribution in [2.45, 2.75) is 36.3 Å². The van der Waals surface area contributed by atoms with Gasteiger partial charge in [0.15, 0.2) is 11.4 Å². The zero-order valence-corrected chi connectivity index (χ0v) is 22.3. The third-order valence-electron chi connectivity index (χ3n) is 8.53. The number of benzene rings is 2. The van der Waals surface area contributed by atoms with Crippen LogP contribution in [0.2, 0.25) is 0 Å². The van der Waals surface area contributed by atoms with Gasteiger partial charge in [0.25, 0.3) is 5.91 Å². The molecule has 7 N–H and O–H groups in total. The lowest BCUT2D eigenvalue weighted by molar-refractivity contribution is -0.169. The molecular formula is C29H27F3N2O8. The van der Waals surface area contributed by atoms with Crippen LogP contribution in [0, 0.1) is 11.8 Å². The molecule has 0 aromatic heterocycles. The van der Waals surface area contributed by atoms with Gasteiger partial charge in [-0.2, -0.15) is 13.2 Å². The maximum absolute atomic E-state index is 14.1. The molecule has 5 rings (SSSR count). The van der Waals surface area contributed by atoms with Crippen LogP contribution < -0.4 is 5.73 Å². The molecule has 1 fully saturated rings. The number of carbonyl (C=O) groups excluding carboxylic acids is 3. The summed E-state index contributed by atoms with van der Waals surface area (Å²) in [4.78, 5) is 40.9. The summed E-state index contributed by atoms with van der Waals surface area (Å²) >= 11 is 0. The van der Waals surface area contributed by atoms with E-state index in [1.165, 1.54) is 49.3 Å². The lowest BCUT2D eigenvalue weighted by Crippen LogP contribution is -2.70. The molecule has 1 saturated carbocycles. The molecule has 222 valence electrons. The van der Waals surface area contributed by atoms with Crippen molar-refractivity contribution in [1.29, 1.82) is 0 Å². The van der Waals surface area contributed by atoms with Crippen LogP contribution in [0.5, 0.6) is 5.75 Å². The largest absolute Gasteiger partial charge is 0.508 e. The molecule has 0 bridgehead atoms. The van der Waals surface area contributed by atoms with Gasteiger partial charge in [-0.3, -0.25) is 19.3 Å². The van der Waals surface area contributed by atoms with Crippen molar-refractivity contribution in [3.8, 4) is 5.75 Å². The monoisotopic (exact) mass is 588 g/mol. The van der Waals surface area contributed by atoms with E-state index in [1.807, 2.05) is 0 Å². The number of hydrogen-bond acceptors (Lipinski definition) is 9. The number of aliphatic hydroxyl groups excluding tert-OH is 3. The van der Waals surface area contributed by atoms with E-state index < -0.39 is 93.1 Å². The Labute approximate surface area is 236 Å². The van der Waals surface area contributed by atoms with Gasteiger partial charge in [-0.25, -0.2) is 0 Å². The molecule has 2 aromatic carbocycles. The number of amides is 1. The van der Waals surface area contributed by atoms with E-state index in [9.17, 15) is 53.1 Å². The fourth-order valence-electron chi connectivity index (χ4n) is 6.72. The van der Waals surface area contributed by atoms with Gasteiger partial charge in [0.05, 0.1) is 29.2 Å². The quantitative estimate of drug-likeness (QED) is 0.290. The van der Waals surface area contributed by atoms with Crippen LogP contribution in [0.25, 0.3) is 5.76 Å². The lowest BCUT2D eigenvalue weighted by atomic mass is 9.53. The molecule has 0 radical (unpaired) electrons. The lowest BCUT2D eigenvalue weighted by Gasteiger charge is -2.54. The molecule has 0 heterocycles. The van der Waals surface area contributed by atoms with Crippen LogP contribution in [0.15, 0.2) is 59.4 Å². The highest BCUT2D eigenvalue weighted by atomic mass is 19.4. The highest BCUT2D eigenvalue weighted by Gasteiger charge is 2.68. The van der Waals surface area contributed by atoms with Crippen LogP contribution in [-0.2, 0) is 27.0 Å². The number of nitrogens with zero attached hydrogens (tertiary/aromatic N) is 1. The Kier molecular flexibility index (Phi) is 6.75. The van der Waals surface area contributed by atoms with Crippen molar-refractivity contribution < 1.29 is 53.1 Å². The number of carbonyl (C=O) groups is 3. The first-order valence-electron chi connectivity index (χ1n) is 12.8. The Morgan fingerprint density at radius 2 is 1.67 bits per heavy atom. The number of phenols is 1. The molecule has 1 unspecified atom stereocenters. The molecule has 3 aliphatic carbocycles. The Morgan fingerprint density at radius 3 is 2.21 bits per heavy atom. The number of aliphatic hydroxyl groups is 4. The molecule has 1 amide bonds. The number of hydrogen-bond donors (Lipinski definition) is 6. The van der Waals surface area contributed by atoms with Crippen LogP contribution in [0.3, 0.4) is 0 Å². The number of primary amides is 1. The van der Waals surface area contributed by atoms with E-state index in [4.69, 9.17) is 5.73 Å². The summed E-state index contributed by atoms with van der Waals surface area (Å²) in [6.45, 7) is 0. The predicted molar refractivity (Wildman–Crippen MR) is 140 cm³/mol. The molecular weight excluding hydrogens is 561 g/mol. The van der Waals surface area contributed by atoms with Crippen molar-refractivity contribution in [2.24, 2.45) is 17.6 Å². The average molecular weight is 589 g/mol. The zero-order valence-electron chi connectivity index (χ0n) is 22.3.